The Morgan fingerprint density at radius 1 is 1.50 bits per heavy atom. The molecule has 2 aromatic rings. The van der Waals surface area contributed by atoms with E-state index in [1.54, 1.807) is 17.5 Å². The molecule has 12 heavy (non-hydrogen) atoms. The summed E-state index contributed by atoms with van der Waals surface area (Å²) in [7, 11) is 0. The van der Waals surface area contributed by atoms with Crippen LogP contribution in [0.2, 0.25) is 5.28 Å². The highest BCUT2D eigenvalue weighted by atomic mass is 35.5. The van der Waals surface area contributed by atoms with Crippen molar-refractivity contribution in [2.45, 2.75) is 6.92 Å². The molecule has 0 aliphatic heterocycles. The highest BCUT2D eigenvalue weighted by molar-refractivity contribution is 7.19. The molecule has 62 valence electrons. The van der Waals surface area contributed by atoms with Crippen LogP contribution in [0.4, 0.5) is 0 Å². The molecule has 2 aromatic heterocycles. The minimum atomic E-state index is 0.307. The first-order valence-corrected chi connectivity index (χ1v) is 5.14. The Bertz CT molecular complexity index is 357. The molecule has 0 N–H and O–H groups in total. The third-order valence-electron chi connectivity index (χ3n) is 1.23. The largest absolute Gasteiger partial charge is 0.249 e. The first-order chi connectivity index (χ1) is 5.75. The van der Waals surface area contributed by atoms with Crippen molar-refractivity contribution in [3.8, 4) is 9.88 Å². The molecule has 0 saturated heterocycles. The van der Waals surface area contributed by atoms with E-state index in [-0.39, 0.29) is 0 Å². The molecule has 0 aromatic carbocycles. The normalized spacial score (nSPS) is 10.5. The molecular weight excluding hydrogens is 214 g/mol. The average Bonchev–Trinajstić information content (AvgIpc) is 2.58. The number of aromatic nitrogens is 3. The Labute approximate surface area is 82.2 Å². The molecule has 0 saturated carbocycles. The summed E-state index contributed by atoms with van der Waals surface area (Å²) in [4.78, 5) is 9.18. The van der Waals surface area contributed by atoms with Crippen molar-refractivity contribution in [2.24, 2.45) is 0 Å². The van der Waals surface area contributed by atoms with Gasteiger partial charge in [-0.3, -0.25) is 0 Å². The van der Waals surface area contributed by atoms with Gasteiger partial charge >= 0.3 is 0 Å². The number of nitrogens with zero attached hydrogens (tertiary/aromatic N) is 3. The van der Waals surface area contributed by atoms with Gasteiger partial charge in [-0.15, -0.1) is 11.3 Å². The van der Waals surface area contributed by atoms with E-state index in [1.807, 2.05) is 6.92 Å². The van der Waals surface area contributed by atoms with E-state index in [2.05, 4.69) is 14.3 Å². The minimum absolute atomic E-state index is 0.307. The molecule has 3 nitrogen and oxygen atoms in total. The van der Waals surface area contributed by atoms with Crippen LogP contribution in [-0.4, -0.2) is 14.3 Å². The zero-order valence-electron chi connectivity index (χ0n) is 6.11. The Hall–Kier alpha value is -0.520. The molecule has 0 atom stereocenters. The van der Waals surface area contributed by atoms with E-state index in [1.165, 1.54) is 11.5 Å². The van der Waals surface area contributed by atoms with Crippen LogP contribution in [0, 0.1) is 6.92 Å². The lowest BCUT2D eigenvalue weighted by molar-refractivity contribution is 1.29. The molecule has 0 aliphatic carbocycles. The van der Waals surface area contributed by atoms with Crippen LogP contribution in [0.5, 0.6) is 0 Å². The molecular formula is C6H4ClN3S2. The molecule has 0 amide bonds. The standard InChI is InChI=1S/C6H4ClN3S2/c1-3-8-2-4(11-3)5-9-6(7)10-12-5/h2H,1H3. The molecule has 0 fully saturated rings. The molecule has 2 heterocycles. The highest BCUT2D eigenvalue weighted by Crippen LogP contribution is 2.27. The first kappa shape index (κ1) is 8.10. The van der Waals surface area contributed by atoms with Gasteiger partial charge in [0.25, 0.3) is 0 Å². The Balaban J connectivity index is 2.43. The quantitative estimate of drug-likeness (QED) is 0.737. The van der Waals surface area contributed by atoms with Crippen molar-refractivity contribution in [1.82, 2.24) is 14.3 Å². The summed E-state index contributed by atoms with van der Waals surface area (Å²) in [5.74, 6) is 0. The molecule has 0 spiro atoms. The minimum Gasteiger partial charge on any atom is -0.249 e. The average molecular weight is 218 g/mol. The third-order valence-corrected chi connectivity index (χ3v) is 3.30. The summed E-state index contributed by atoms with van der Waals surface area (Å²) in [5.41, 5.74) is 0. The maximum Gasteiger partial charge on any atom is 0.234 e. The van der Waals surface area contributed by atoms with Crippen molar-refractivity contribution >= 4 is 34.5 Å². The van der Waals surface area contributed by atoms with Gasteiger partial charge in [0.05, 0.1) is 9.88 Å². The monoisotopic (exact) mass is 217 g/mol. The fourth-order valence-corrected chi connectivity index (χ4v) is 2.38. The summed E-state index contributed by atoms with van der Waals surface area (Å²) >= 11 is 8.48. The van der Waals surface area contributed by atoms with E-state index < -0.39 is 0 Å². The molecule has 0 bridgehead atoms. The van der Waals surface area contributed by atoms with Crippen molar-refractivity contribution < 1.29 is 0 Å². The molecule has 6 heteroatoms. The van der Waals surface area contributed by atoms with E-state index in [0.29, 0.717) is 5.28 Å². The number of halogens is 1. The lowest BCUT2D eigenvalue weighted by Crippen LogP contribution is -1.67. The molecule has 0 radical (unpaired) electrons. The fraction of sp³-hybridized carbons (Fsp3) is 0.167. The van der Waals surface area contributed by atoms with Crippen LogP contribution >= 0.6 is 34.5 Å². The summed E-state index contributed by atoms with van der Waals surface area (Å²) in [6.45, 7) is 1.96. The summed E-state index contributed by atoms with van der Waals surface area (Å²) < 4.78 is 3.88. The van der Waals surface area contributed by atoms with Gasteiger partial charge in [0.2, 0.25) is 5.28 Å². The van der Waals surface area contributed by atoms with E-state index in [0.717, 1.165) is 14.9 Å². The summed E-state index contributed by atoms with van der Waals surface area (Å²) in [6.07, 6.45) is 1.79. The SMILES string of the molecule is Cc1ncc(-c2nc(Cl)ns2)s1. The second-order valence-electron chi connectivity index (χ2n) is 2.11. The van der Waals surface area contributed by atoms with Crippen LogP contribution in [0.25, 0.3) is 9.88 Å². The number of hydrogen-bond acceptors (Lipinski definition) is 5. The van der Waals surface area contributed by atoms with E-state index in [4.69, 9.17) is 11.6 Å². The number of hydrogen-bond donors (Lipinski definition) is 0. The second-order valence-corrected chi connectivity index (χ2v) is 4.44. The van der Waals surface area contributed by atoms with Gasteiger partial charge in [-0.1, -0.05) is 0 Å². The highest BCUT2D eigenvalue weighted by Gasteiger charge is 2.06. The maximum absolute atomic E-state index is 5.59. The molecule has 0 unspecified atom stereocenters. The van der Waals surface area contributed by atoms with Crippen LogP contribution in [0.15, 0.2) is 6.20 Å². The molecule has 2 rings (SSSR count). The van der Waals surface area contributed by atoms with Crippen LogP contribution in [0.3, 0.4) is 0 Å². The van der Waals surface area contributed by atoms with Crippen molar-refractivity contribution in [2.75, 3.05) is 0 Å². The van der Waals surface area contributed by atoms with Gasteiger partial charge < -0.3 is 0 Å². The maximum atomic E-state index is 5.59. The van der Waals surface area contributed by atoms with Gasteiger partial charge in [-0.25, -0.2) is 9.97 Å². The van der Waals surface area contributed by atoms with Crippen LogP contribution < -0.4 is 0 Å². The lowest BCUT2D eigenvalue weighted by Gasteiger charge is -1.81. The summed E-state index contributed by atoms with van der Waals surface area (Å²) in [5, 5.41) is 2.17. The zero-order valence-corrected chi connectivity index (χ0v) is 8.50. The second kappa shape index (κ2) is 3.08. The van der Waals surface area contributed by atoms with E-state index >= 15 is 0 Å². The van der Waals surface area contributed by atoms with Gasteiger partial charge in [0.15, 0.2) is 5.01 Å². The van der Waals surface area contributed by atoms with Gasteiger partial charge in [0.1, 0.15) is 0 Å². The van der Waals surface area contributed by atoms with Gasteiger partial charge in [0, 0.05) is 6.20 Å². The van der Waals surface area contributed by atoms with Crippen molar-refractivity contribution in [3.63, 3.8) is 0 Å². The van der Waals surface area contributed by atoms with Crippen LogP contribution in [0.1, 0.15) is 5.01 Å². The van der Waals surface area contributed by atoms with Crippen molar-refractivity contribution in [3.05, 3.63) is 16.5 Å². The molecule has 0 aliphatic rings. The summed E-state index contributed by atoms with van der Waals surface area (Å²) in [6, 6.07) is 0. The fourth-order valence-electron chi connectivity index (χ4n) is 0.766. The number of rotatable bonds is 1. The Kier molecular flexibility index (Phi) is 2.08. The van der Waals surface area contributed by atoms with Gasteiger partial charge in [-0.05, 0) is 30.1 Å². The predicted octanol–water partition coefficient (Wildman–Crippen LogP) is 2.62. The first-order valence-electron chi connectivity index (χ1n) is 3.18. The smallest absolute Gasteiger partial charge is 0.234 e. The zero-order chi connectivity index (χ0) is 8.55. The number of aryl methyl sites for hydroxylation is 1. The van der Waals surface area contributed by atoms with Crippen molar-refractivity contribution in [1.29, 1.82) is 0 Å². The number of thiazole rings is 1. The lowest BCUT2D eigenvalue weighted by atomic mass is 10.6. The third kappa shape index (κ3) is 1.48. The topological polar surface area (TPSA) is 38.7 Å². The Morgan fingerprint density at radius 2 is 2.33 bits per heavy atom. The van der Waals surface area contributed by atoms with Gasteiger partial charge in [-0.2, -0.15) is 4.37 Å². The van der Waals surface area contributed by atoms with E-state index in [9.17, 15) is 0 Å². The van der Waals surface area contributed by atoms with Crippen LogP contribution in [-0.2, 0) is 0 Å². The Morgan fingerprint density at radius 3 is 2.83 bits per heavy atom. The predicted molar refractivity (Wildman–Crippen MR) is 50.8 cm³/mol.